The normalized spacial score (nSPS) is 11.3. The van der Waals surface area contributed by atoms with E-state index in [1.807, 2.05) is 23.6 Å². The number of hydrogen-bond donors (Lipinski definition) is 1. The monoisotopic (exact) mass is 466 g/mol. The zero-order valence-corrected chi connectivity index (χ0v) is 20.5. The molecule has 1 aromatic heterocycles. The van der Waals surface area contributed by atoms with Crippen LogP contribution in [0.2, 0.25) is 0 Å². The van der Waals surface area contributed by atoms with Crippen molar-refractivity contribution in [3.05, 3.63) is 65.5 Å². The van der Waals surface area contributed by atoms with E-state index in [2.05, 4.69) is 48.4 Å². The van der Waals surface area contributed by atoms with Crippen molar-refractivity contribution in [2.75, 3.05) is 11.1 Å². The lowest BCUT2D eigenvalue weighted by molar-refractivity contribution is -0.113. The Morgan fingerprint density at radius 2 is 1.82 bits per heavy atom. The summed E-state index contributed by atoms with van der Waals surface area (Å²) in [6.45, 7) is 11.0. The van der Waals surface area contributed by atoms with Gasteiger partial charge in [-0.05, 0) is 49.1 Å². The van der Waals surface area contributed by atoms with Gasteiger partial charge < -0.3 is 14.6 Å². The smallest absolute Gasteiger partial charge is 0.234 e. The summed E-state index contributed by atoms with van der Waals surface area (Å²) in [5.41, 5.74) is 2.49. The average Bonchev–Trinajstić information content (AvgIpc) is 3.18. The number of nitrogens with one attached hydrogen (secondary N) is 1. The number of aromatic nitrogens is 3. The molecule has 7 nitrogen and oxygen atoms in total. The molecule has 0 bridgehead atoms. The first-order valence-corrected chi connectivity index (χ1v) is 11.8. The predicted octanol–water partition coefficient (Wildman–Crippen LogP) is 5.11. The van der Waals surface area contributed by atoms with Gasteiger partial charge in [0.1, 0.15) is 12.4 Å². The summed E-state index contributed by atoms with van der Waals surface area (Å²) < 4.78 is 7.85. The summed E-state index contributed by atoms with van der Waals surface area (Å²) in [7, 11) is 0. The van der Waals surface area contributed by atoms with Gasteiger partial charge in [-0.3, -0.25) is 9.59 Å². The Hall–Kier alpha value is -3.13. The molecule has 8 heteroatoms. The lowest BCUT2D eigenvalue weighted by Gasteiger charge is -2.19. The van der Waals surface area contributed by atoms with Crippen LogP contribution >= 0.6 is 11.8 Å². The maximum atomic E-state index is 12.4. The van der Waals surface area contributed by atoms with E-state index in [1.54, 1.807) is 24.3 Å². The van der Waals surface area contributed by atoms with Gasteiger partial charge in [0.15, 0.2) is 16.8 Å². The number of nitrogens with zero attached hydrogens (tertiary/aromatic N) is 3. The molecule has 1 heterocycles. The number of carbonyl (C=O) groups excluding carboxylic acids is 2. The molecule has 0 aliphatic rings. The summed E-state index contributed by atoms with van der Waals surface area (Å²) in [5, 5.41) is 12.0. The van der Waals surface area contributed by atoms with E-state index in [0.717, 1.165) is 5.75 Å². The summed E-state index contributed by atoms with van der Waals surface area (Å²) in [6.07, 6.45) is 0. The number of ketones is 1. The molecule has 3 aromatic rings. The second-order valence-electron chi connectivity index (χ2n) is 8.68. The van der Waals surface area contributed by atoms with Crippen molar-refractivity contribution in [1.29, 1.82) is 0 Å². The van der Waals surface area contributed by atoms with Crippen molar-refractivity contribution in [1.82, 2.24) is 14.8 Å². The quantitative estimate of drug-likeness (QED) is 0.348. The van der Waals surface area contributed by atoms with Crippen LogP contribution in [0.4, 0.5) is 5.69 Å². The molecule has 0 fully saturated rings. The first-order chi connectivity index (χ1) is 15.7. The number of rotatable bonds is 9. The van der Waals surface area contributed by atoms with Crippen LogP contribution in [0.1, 0.15) is 56.4 Å². The van der Waals surface area contributed by atoms with Crippen molar-refractivity contribution < 1.29 is 14.3 Å². The van der Waals surface area contributed by atoms with Crippen LogP contribution in [0.25, 0.3) is 0 Å². The van der Waals surface area contributed by atoms with Crippen LogP contribution in [-0.2, 0) is 23.4 Å². The van der Waals surface area contributed by atoms with Gasteiger partial charge in [0.05, 0.1) is 5.75 Å². The largest absolute Gasteiger partial charge is 0.486 e. The highest BCUT2D eigenvalue weighted by molar-refractivity contribution is 7.99. The van der Waals surface area contributed by atoms with Gasteiger partial charge >= 0.3 is 0 Å². The highest BCUT2D eigenvalue weighted by atomic mass is 32.2. The molecule has 0 unspecified atom stereocenters. The Morgan fingerprint density at radius 1 is 1.09 bits per heavy atom. The molecule has 174 valence electrons. The fourth-order valence-electron chi connectivity index (χ4n) is 3.19. The number of benzene rings is 2. The number of amides is 1. The van der Waals surface area contributed by atoms with Crippen molar-refractivity contribution in [3.63, 3.8) is 0 Å². The first-order valence-electron chi connectivity index (χ1n) is 10.9. The minimum Gasteiger partial charge on any atom is -0.486 e. The minimum absolute atomic E-state index is 0.0450. The Balaban J connectivity index is 1.57. The number of Topliss-reactive ketones (excluding diaryl/α,β-unsaturated/α-hetero) is 1. The van der Waals surface area contributed by atoms with Crippen molar-refractivity contribution in [2.24, 2.45) is 0 Å². The van der Waals surface area contributed by atoms with Crippen molar-refractivity contribution in [2.45, 2.75) is 58.3 Å². The molecule has 0 aliphatic heterocycles. The molecule has 2 aromatic carbocycles. The lowest BCUT2D eigenvalue weighted by atomic mass is 9.87. The minimum atomic E-state index is -0.178. The second kappa shape index (κ2) is 10.7. The van der Waals surface area contributed by atoms with Crippen LogP contribution in [-0.4, -0.2) is 32.2 Å². The third-order valence-corrected chi connectivity index (χ3v) is 6.05. The third kappa shape index (κ3) is 6.68. The summed E-state index contributed by atoms with van der Waals surface area (Å²) in [6, 6.07) is 15.0. The van der Waals surface area contributed by atoms with Crippen molar-refractivity contribution >= 4 is 29.1 Å². The third-order valence-electron chi connectivity index (χ3n) is 5.08. The number of anilines is 1. The van der Waals surface area contributed by atoms with Gasteiger partial charge in [0, 0.05) is 17.8 Å². The van der Waals surface area contributed by atoms with Gasteiger partial charge in [-0.2, -0.15) is 0 Å². The molecular formula is C25H30N4O3S. The van der Waals surface area contributed by atoms with Gasteiger partial charge in [0.2, 0.25) is 5.91 Å². The molecule has 0 atom stereocenters. The lowest BCUT2D eigenvalue weighted by Crippen LogP contribution is -2.15. The topological polar surface area (TPSA) is 86.1 Å². The van der Waals surface area contributed by atoms with E-state index in [9.17, 15) is 9.59 Å². The van der Waals surface area contributed by atoms with Crippen LogP contribution in [0.5, 0.6) is 5.75 Å². The molecular weight excluding hydrogens is 436 g/mol. The predicted molar refractivity (Wildman–Crippen MR) is 131 cm³/mol. The Bertz CT molecular complexity index is 1120. The van der Waals surface area contributed by atoms with Crippen molar-refractivity contribution in [3.8, 4) is 5.75 Å². The molecule has 33 heavy (non-hydrogen) atoms. The maximum Gasteiger partial charge on any atom is 0.234 e. The molecule has 0 spiro atoms. The van der Waals surface area contributed by atoms with E-state index in [1.165, 1.54) is 24.2 Å². The average molecular weight is 467 g/mol. The Labute approximate surface area is 198 Å². The van der Waals surface area contributed by atoms with E-state index < -0.39 is 0 Å². The Kier molecular flexibility index (Phi) is 7.92. The van der Waals surface area contributed by atoms with Gasteiger partial charge in [-0.1, -0.05) is 56.8 Å². The van der Waals surface area contributed by atoms with E-state index in [0.29, 0.717) is 35.4 Å². The SMILES string of the molecule is CCn1c(COc2ccc(C(C)(C)C)cc2)nnc1SCC(=O)Nc1cccc(C(C)=O)c1. The van der Waals surface area contributed by atoms with Crippen LogP contribution in [0, 0.1) is 0 Å². The zero-order valence-electron chi connectivity index (χ0n) is 19.7. The fourth-order valence-corrected chi connectivity index (χ4v) is 4.01. The number of ether oxygens (including phenoxy) is 1. The standard InChI is InChI=1S/C25H30N4O3S/c1-6-29-22(15-32-21-12-10-19(11-13-21)25(3,4)5)27-28-24(29)33-16-23(31)26-20-9-7-8-18(14-20)17(2)30/h7-14H,6,15-16H2,1-5H3,(H,26,31). The van der Waals surface area contributed by atoms with Crippen LogP contribution < -0.4 is 10.1 Å². The van der Waals surface area contributed by atoms with E-state index >= 15 is 0 Å². The molecule has 1 amide bonds. The second-order valence-corrected chi connectivity index (χ2v) is 9.62. The number of hydrogen-bond acceptors (Lipinski definition) is 6. The molecule has 0 saturated carbocycles. The van der Waals surface area contributed by atoms with E-state index in [-0.39, 0.29) is 22.9 Å². The van der Waals surface area contributed by atoms with Gasteiger partial charge in [-0.25, -0.2) is 0 Å². The molecule has 0 radical (unpaired) electrons. The summed E-state index contributed by atoms with van der Waals surface area (Å²) in [4.78, 5) is 23.9. The van der Waals surface area contributed by atoms with Gasteiger partial charge in [0.25, 0.3) is 0 Å². The summed E-state index contributed by atoms with van der Waals surface area (Å²) >= 11 is 1.31. The highest BCUT2D eigenvalue weighted by Crippen LogP contribution is 2.25. The van der Waals surface area contributed by atoms with Crippen LogP contribution in [0.3, 0.4) is 0 Å². The van der Waals surface area contributed by atoms with E-state index in [4.69, 9.17) is 4.74 Å². The van der Waals surface area contributed by atoms with Gasteiger partial charge in [-0.15, -0.1) is 10.2 Å². The highest BCUT2D eigenvalue weighted by Gasteiger charge is 2.15. The molecule has 3 rings (SSSR count). The molecule has 1 N–H and O–H groups in total. The maximum absolute atomic E-state index is 12.4. The zero-order chi connectivity index (χ0) is 24.0. The Morgan fingerprint density at radius 3 is 2.45 bits per heavy atom. The fraction of sp³-hybridized carbons (Fsp3) is 0.360. The number of thioether (sulfide) groups is 1. The summed E-state index contributed by atoms with van der Waals surface area (Å²) in [5.74, 6) is 1.43. The van der Waals surface area contributed by atoms with Crippen LogP contribution in [0.15, 0.2) is 53.7 Å². The number of carbonyl (C=O) groups is 2. The molecule has 0 saturated heterocycles. The molecule has 0 aliphatic carbocycles. The first kappa shape index (κ1) is 24.5.